The summed E-state index contributed by atoms with van der Waals surface area (Å²) in [5, 5.41) is 3.89. The summed E-state index contributed by atoms with van der Waals surface area (Å²) in [6.07, 6.45) is 2.37. The van der Waals surface area contributed by atoms with Gasteiger partial charge >= 0.3 is 0 Å². The van der Waals surface area contributed by atoms with Crippen LogP contribution < -0.4 is 10.0 Å². The molecule has 0 heterocycles. The Kier molecular flexibility index (Phi) is 7.37. The van der Waals surface area contributed by atoms with E-state index >= 15 is 0 Å². The minimum absolute atomic E-state index is 0.0681. The smallest absolute Gasteiger partial charge is 0.233 e. The number of sulfonamides is 1. The molecule has 2 N–H and O–H groups in total. The summed E-state index contributed by atoms with van der Waals surface area (Å²) in [5.74, 6) is -0.175. The topological polar surface area (TPSA) is 75.3 Å². The van der Waals surface area contributed by atoms with E-state index in [1.165, 1.54) is 6.08 Å². The molecular weight excluding hydrogens is 336 g/mol. The van der Waals surface area contributed by atoms with E-state index in [2.05, 4.69) is 10.0 Å². The first-order valence-electron chi connectivity index (χ1n) is 8.08. The molecule has 2 aromatic rings. The molecule has 0 saturated heterocycles. The van der Waals surface area contributed by atoms with Crippen LogP contribution in [0.4, 0.5) is 0 Å². The lowest BCUT2D eigenvalue weighted by Gasteiger charge is -2.06. The van der Waals surface area contributed by atoms with Gasteiger partial charge in [-0.3, -0.25) is 4.79 Å². The van der Waals surface area contributed by atoms with Gasteiger partial charge in [0.1, 0.15) is 0 Å². The molecule has 0 fully saturated rings. The van der Waals surface area contributed by atoms with Crippen LogP contribution in [0.1, 0.15) is 17.5 Å². The van der Waals surface area contributed by atoms with Crippen LogP contribution >= 0.6 is 0 Å². The first-order chi connectivity index (χ1) is 12.1. The minimum atomic E-state index is -3.55. The molecule has 6 heteroatoms. The monoisotopic (exact) mass is 358 g/mol. The number of carbonyl (C=O) groups is 1. The van der Waals surface area contributed by atoms with E-state index in [1.807, 2.05) is 60.7 Å². The maximum atomic E-state index is 11.9. The number of benzene rings is 2. The van der Waals surface area contributed by atoms with E-state index in [0.717, 1.165) is 23.0 Å². The molecule has 0 radical (unpaired) electrons. The van der Waals surface area contributed by atoms with Crippen molar-refractivity contribution in [2.45, 2.75) is 12.8 Å². The SMILES string of the molecule is O=C(CCNS(=O)(=O)/C=C/c1ccccc1)NCCc1ccccc1. The third-order valence-corrected chi connectivity index (χ3v) is 4.57. The fourth-order valence-electron chi connectivity index (χ4n) is 2.17. The second-order valence-electron chi connectivity index (χ2n) is 5.49. The summed E-state index contributed by atoms with van der Waals surface area (Å²) in [5.41, 5.74) is 1.95. The van der Waals surface area contributed by atoms with Crippen molar-refractivity contribution < 1.29 is 13.2 Å². The van der Waals surface area contributed by atoms with E-state index in [0.29, 0.717) is 6.54 Å². The molecule has 0 spiro atoms. The number of hydrogen-bond acceptors (Lipinski definition) is 3. The van der Waals surface area contributed by atoms with Crippen molar-refractivity contribution in [3.8, 4) is 0 Å². The lowest BCUT2D eigenvalue weighted by Crippen LogP contribution is -2.30. The zero-order valence-corrected chi connectivity index (χ0v) is 14.7. The number of hydrogen-bond donors (Lipinski definition) is 2. The minimum Gasteiger partial charge on any atom is -0.356 e. The van der Waals surface area contributed by atoms with E-state index in [1.54, 1.807) is 0 Å². The summed E-state index contributed by atoms with van der Waals surface area (Å²) in [4.78, 5) is 11.7. The van der Waals surface area contributed by atoms with E-state index in [9.17, 15) is 13.2 Å². The zero-order chi connectivity index (χ0) is 18.0. The summed E-state index contributed by atoms with van der Waals surface area (Å²) < 4.78 is 26.1. The van der Waals surface area contributed by atoms with Crippen molar-refractivity contribution in [2.24, 2.45) is 0 Å². The normalized spacial score (nSPS) is 11.5. The highest BCUT2D eigenvalue weighted by Crippen LogP contribution is 2.02. The van der Waals surface area contributed by atoms with Gasteiger partial charge in [0.05, 0.1) is 0 Å². The Hall–Kier alpha value is -2.44. The Morgan fingerprint density at radius 2 is 1.56 bits per heavy atom. The predicted octanol–water partition coefficient (Wildman–Crippen LogP) is 2.33. The molecule has 2 aromatic carbocycles. The molecule has 5 nitrogen and oxygen atoms in total. The van der Waals surface area contributed by atoms with Crippen molar-refractivity contribution in [3.63, 3.8) is 0 Å². The van der Waals surface area contributed by atoms with Crippen molar-refractivity contribution in [2.75, 3.05) is 13.1 Å². The fraction of sp³-hybridized carbons (Fsp3) is 0.211. The maximum Gasteiger partial charge on any atom is 0.233 e. The zero-order valence-electron chi connectivity index (χ0n) is 13.9. The molecule has 0 aromatic heterocycles. The molecule has 0 bridgehead atoms. The molecule has 0 aliphatic rings. The summed E-state index contributed by atoms with van der Waals surface area (Å²) in [6.45, 7) is 0.599. The third-order valence-electron chi connectivity index (χ3n) is 3.47. The quantitative estimate of drug-likeness (QED) is 0.722. The Labute approximate surface area is 148 Å². The molecule has 1 amide bonds. The van der Waals surface area contributed by atoms with E-state index in [4.69, 9.17) is 0 Å². The van der Waals surface area contributed by atoms with Gasteiger partial charge in [-0.2, -0.15) is 0 Å². The maximum absolute atomic E-state index is 11.9. The number of carbonyl (C=O) groups excluding carboxylic acids is 1. The van der Waals surface area contributed by atoms with Gasteiger partial charge in [0, 0.05) is 24.9 Å². The third kappa shape index (κ3) is 7.78. The highest BCUT2D eigenvalue weighted by atomic mass is 32.2. The van der Waals surface area contributed by atoms with Crippen LogP contribution in [0.25, 0.3) is 6.08 Å². The first kappa shape index (κ1) is 18.9. The van der Waals surface area contributed by atoms with Crippen LogP contribution in [-0.2, 0) is 21.2 Å². The molecule has 0 aliphatic heterocycles. The molecular formula is C19H22N2O3S. The number of amides is 1. The van der Waals surface area contributed by atoms with Crippen LogP contribution in [0.15, 0.2) is 66.1 Å². The van der Waals surface area contributed by atoms with E-state index in [-0.39, 0.29) is 18.9 Å². The fourth-order valence-corrected chi connectivity index (χ4v) is 2.99. The van der Waals surface area contributed by atoms with Gasteiger partial charge in [-0.25, -0.2) is 13.1 Å². The van der Waals surface area contributed by atoms with Crippen LogP contribution in [0, 0.1) is 0 Å². The Bertz CT molecular complexity index is 788. The molecule has 0 unspecified atom stereocenters. The standard InChI is InChI=1S/C19H22N2O3S/c22-19(20-14-11-17-7-3-1-4-8-17)12-15-21-25(23,24)16-13-18-9-5-2-6-10-18/h1-10,13,16,21H,11-12,14-15H2,(H,20,22)/b16-13+. The van der Waals surface area contributed by atoms with Crippen LogP contribution in [0.2, 0.25) is 0 Å². The van der Waals surface area contributed by atoms with Gasteiger partial charge in [0.25, 0.3) is 0 Å². The van der Waals surface area contributed by atoms with E-state index < -0.39 is 10.0 Å². The largest absolute Gasteiger partial charge is 0.356 e. The lowest BCUT2D eigenvalue weighted by molar-refractivity contribution is -0.120. The van der Waals surface area contributed by atoms with Gasteiger partial charge in [-0.15, -0.1) is 0 Å². The van der Waals surface area contributed by atoms with Crippen molar-refractivity contribution in [1.29, 1.82) is 0 Å². The number of rotatable bonds is 9. The lowest BCUT2D eigenvalue weighted by atomic mass is 10.1. The Morgan fingerprint density at radius 1 is 0.920 bits per heavy atom. The van der Waals surface area contributed by atoms with Gasteiger partial charge in [-0.1, -0.05) is 60.7 Å². The Balaban J connectivity index is 1.67. The first-order valence-corrected chi connectivity index (χ1v) is 9.63. The molecule has 132 valence electrons. The van der Waals surface area contributed by atoms with Gasteiger partial charge in [-0.05, 0) is 23.6 Å². The van der Waals surface area contributed by atoms with Crippen molar-refractivity contribution in [1.82, 2.24) is 10.0 Å². The van der Waals surface area contributed by atoms with Crippen LogP contribution in [-0.4, -0.2) is 27.4 Å². The van der Waals surface area contributed by atoms with Crippen molar-refractivity contribution >= 4 is 22.0 Å². The predicted molar refractivity (Wildman–Crippen MR) is 100 cm³/mol. The molecule has 0 aliphatic carbocycles. The molecule has 0 atom stereocenters. The number of nitrogens with one attached hydrogen (secondary N) is 2. The molecule has 0 saturated carbocycles. The summed E-state index contributed by atoms with van der Waals surface area (Å²) in [7, 11) is -3.55. The van der Waals surface area contributed by atoms with Gasteiger partial charge < -0.3 is 5.32 Å². The second-order valence-corrected chi connectivity index (χ2v) is 7.14. The van der Waals surface area contributed by atoms with Crippen LogP contribution in [0.3, 0.4) is 0 Å². The average molecular weight is 358 g/mol. The molecule has 2 rings (SSSR count). The van der Waals surface area contributed by atoms with Crippen LogP contribution in [0.5, 0.6) is 0 Å². The second kappa shape index (κ2) is 9.76. The summed E-state index contributed by atoms with van der Waals surface area (Å²) >= 11 is 0. The average Bonchev–Trinajstić information content (AvgIpc) is 2.62. The van der Waals surface area contributed by atoms with Gasteiger partial charge in [0.15, 0.2) is 0 Å². The van der Waals surface area contributed by atoms with Gasteiger partial charge in [0.2, 0.25) is 15.9 Å². The highest BCUT2D eigenvalue weighted by Gasteiger charge is 2.07. The summed E-state index contributed by atoms with van der Waals surface area (Å²) in [6, 6.07) is 19.0. The highest BCUT2D eigenvalue weighted by molar-refractivity contribution is 7.92. The van der Waals surface area contributed by atoms with Crippen molar-refractivity contribution in [3.05, 3.63) is 77.2 Å². The Morgan fingerprint density at radius 3 is 2.24 bits per heavy atom. The molecule has 25 heavy (non-hydrogen) atoms.